The highest BCUT2D eigenvalue weighted by Crippen LogP contribution is 2.44. The molecule has 0 heterocycles. The van der Waals surface area contributed by atoms with E-state index in [9.17, 15) is 13.2 Å². The Kier molecular flexibility index (Phi) is 7.81. The summed E-state index contributed by atoms with van der Waals surface area (Å²) in [5, 5.41) is 8.56. The summed E-state index contributed by atoms with van der Waals surface area (Å²) < 4.78 is 38.3. The van der Waals surface area contributed by atoms with Gasteiger partial charge in [-0.05, 0) is 106 Å². The Labute approximate surface area is 178 Å². The van der Waals surface area contributed by atoms with Crippen molar-refractivity contribution in [1.29, 1.82) is 5.26 Å². The molecule has 0 amide bonds. The number of allylic oxidation sites excluding steroid dienone is 3. The summed E-state index contributed by atoms with van der Waals surface area (Å²) in [5.41, 5.74) is 1.90. The largest absolute Gasteiger partial charge is 0.416 e. The number of nitriles is 1. The number of halogens is 3. The third kappa shape index (κ3) is 6.00. The molecule has 30 heavy (non-hydrogen) atoms. The van der Waals surface area contributed by atoms with E-state index < -0.39 is 11.7 Å². The molecule has 1 aromatic rings. The Morgan fingerprint density at radius 3 is 2.07 bits per heavy atom. The van der Waals surface area contributed by atoms with Crippen molar-refractivity contribution in [1.82, 2.24) is 0 Å². The van der Waals surface area contributed by atoms with Crippen LogP contribution in [0.4, 0.5) is 13.2 Å². The zero-order valence-corrected chi connectivity index (χ0v) is 17.6. The minimum atomic E-state index is -4.26. The van der Waals surface area contributed by atoms with Crippen LogP contribution in [0.5, 0.6) is 0 Å². The Morgan fingerprint density at radius 1 is 0.967 bits per heavy atom. The first-order chi connectivity index (χ1) is 14.4. The molecule has 2 aliphatic rings. The van der Waals surface area contributed by atoms with Crippen LogP contribution in [0.25, 0.3) is 0 Å². The standard InChI is InChI=1S/C26H32F3N/c1-19(21-8-6-20(7-9-21)5-3-2-4-18-30)22-10-12-23(13-11-22)24-14-16-25(17-15-24)26(27,28)29/h2,4,14-17,20-23H,1,3,5-13H2. The van der Waals surface area contributed by atoms with Gasteiger partial charge in [-0.25, -0.2) is 0 Å². The first-order valence-corrected chi connectivity index (χ1v) is 11.3. The molecule has 1 nitrogen and oxygen atoms in total. The highest BCUT2D eigenvalue weighted by atomic mass is 19.4. The minimum Gasteiger partial charge on any atom is -0.193 e. The SMILES string of the molecule is C=C(C1CCC(CCC=CC#N)CC1)C1CCC(c2ccc(C(F)(F)F)cc2)CC1. The van der Waals surface area contributed by atoms with E-state index in [2.05, 4.69) is 6.58 Å². The van der Waals surface area contributed by atoms with Crippen molar-refractivity contribution in [2.75, 3.05) is 0 Å². The summed E-state index contributed by atoms with van der Waals surface area (Å²) in [7, 11) is 0. The Bertz CT molecular complexity index is 753. The summed E-state index contributed by atoms with van der Waals surface area (Å²) in [6.07, 6.45) is 10.7. The van der Waals surface area contributed by atoms with Crippen LogP contribution >= 0.6 is 0 Å². The molecule has 162 valence electrons. The van der Waals surface area contributed by atoms with Crippen molar-refractivity contribution < 1.29 is 13.2 Å². The molecule has 0 aromatic heterocycles. The van der Waals surface area contributed by atoms with Gasteiger partial charge in [-0.3, -0.25) is 0 Å². The molecule has 2 fully saturated rings. The molecule has 0 saturated heterocycles. The van der Waals surface area contributed by atoms with E-state index in [1.807, 2.05) is 12.1 Å². The lowest BCUT2D eigenvalue weighted by Gasteiger charge is -2.36. The molecule has 0 bridgehead atoms. The van der Waals surface area contributed by atoms with Gasteiger partial charge in [0, 0.05) is 6.08 Å². The van der Waals surface area contributed by atoms with E-state index in [0.29, 0.717) is 17.8 Å². The number of rotatable bonds is 6. The number of benzene rings is 1. The van der Waals surface area contributed by atoms with Crippen molar-refractivity contribution in [3.63, 3.8) is 0 Å². The number of hydrogen-bond acceptors (Lipinski definition) is 1. The van der Waals surface area contributed by atoms with E-state index in [-0.39, 0.29) is 0 Å². The molecule has 0 radical (unpaired) electrons. The van der Waals surface area contributed by atoms with Crippen LogP contribution in [0.3, 0.4) is 0 Å². The van der Waals surface area contributed by atoms with Crippen LogP contribution in [0.2, 0.25) is 0 Å². The topological polar surface area (TPSA) is 23.8 Å². The summed E-state index contributed by atoms with van der Waals surface area (Å²) in [4.78, 5) is 0. The zero-order chi connectivity index (χ0) is 21.6. The van der Waals surface area contributed by atoms with E-state index in [0.717, 1.165) is 43.6 Å². The van der Waals surface area contributed by atoms with Crippen molar-refractivity contribution in [2.45, 2.75) is 76.3 Å². The molecule has 0 N–H and O–H groups in total. The van der Waals surface area contributed by atoms with Crippen LogP contribution in [0.15, 0.2) is 48.6 Å². The van der Waals surface area contributed by atoms with Crippen LogP contribution in [-0.2, 0) is 6.18 Å². The maximum atomic E-state index is 12.8. The van der Waals surface area contributed by atoms with Crippen molar-refractivity contribution in [3.8, 4) is 6.07 Å². The predicted molar refractivity (Wildman–Crippen MR) is 115 cm³/mol. The van der Waals surface area contributed by atoms with E-state index in [1.54, 1.807) is 18.2 Å². The molecule has 4 heteroatoms. The lowest BCUT2D eigenvalue weighted by molar-refractivity contribution is -0.137. The van der Waals surface area contributed by atoms with Gasteiger partial charge in [0.05, 0.1) is 11.6 Å². The van der Waals surface area contributed by atoms with Crippen LogP contribution in [0.1, 0.15) is 81.3 Å². The average Bonchev–Trinajstić information content (AvgIpc) is 2.76. The zero-order valence-electron chi connectivity index (χ0n) is 17.6. The lowest BCUT2D eigenvalue weighted by Crippen LogP contribution is -2.22. The molecule has 2 aliphatic carbocycles. The minimum absolute atomic E-state index is 0.369. The molecule has 0 spiro atoms. The third-order valence-electron chi connectivity index (χ3n) is 7.27. The second kappa shape index (κ2) is 10.3. The Hall–Kier alpha value is -2.02. The van der Waals surface area contributed by atoms with Gasteiger partial charge in [0.1, 0.15) is 0 Å². The van der Waals surface area contributed by atoms with E-state index in [4.69, 9.17) is 5.26 Å². The van der Waals surface area contributed by atoms with Crippen molar-refractivity contribution >= 4 is 0 Å². The van der Waals surface area contributed by atoms with Crippen LogP contribution < -0.4 is 0 Å². The molecule has 0 unspecified atom stereocenters. The van der Waals surface area contributed by atoms with Crippen LogP contribution in [0, 0.1) is 29.1 Å². The molecular weight excluding hydrogens is 383 g/mol. The average molecular weight is 416 g/mol. The van der Waals surface area contributed by atoms with Gasteiger partial charge in [-0.15, -0.1) is 0 Å². The first kappa shape index (κ1) is 22.7. The molecule has 2 saturated carbocycles. The highest BCUT2D eigenvalue weighted by molar-refractivity contribution is 5.27. The monoisotopic (exact) mass is 415 g/mol. The van der Waals surface area contributed by atoms with Gasteiger partial charge < -0.3 is 0 Å². The highest BCUT2D eigenvalue weighted by Gasteiger charge is 2.32. The summed E-state index contributed by atoms with van der Waals surface area (Å²) in [6, 6.07) is 7.81. The fraction of sp³-hybridized carbons (Fsp3) is 0.577. The van der Waals surface area contributed by atoms with Crippen LogP contribution in [-0.4, -0.2) is 0 Å². The quantitative estimate of drug-likeness (QED) is 0.339. The molecule has 1 aromatic carbocycles. The van der Waals surface area contributed by atoms with Gasteiger partial charge in [0.2, 0.25) is 0 Å². The molecule has 3 rings (SSSR count). The van der Waals surface area contributed by atoms with Gasteiger partial charge >= 0.3 is 6.18 Å². The van der Waals surface area contributed by atoms with Gasteiger partial charge in [-0.1, -0.05) is 30.4 Å². The second-order valence-electron chi connectivity index (χ2n) is 9.07. The van der Waals surface area contributed by atoms with Crippen molar-refractivity contribution in [2.24, 2.45) is 17.8 Å². The molecule has 0 atom stereocenters. The Balaban J connectivity index is 1.43. The molecule has 0 aliphatic heterocycles. The van der Waals surface area contributed by atoms with Crippen molar-refractivity contribution in [3.05, 3.63) is 59.7 Å². The molecular formula is C26H32F3N. The maximum absolute atomic E-state index is 12.8. The first-order valence-electron chi connectivity index (χ1n) is 11.3. The van der Waals surface area contributed by atoms with Gasteiger partial charge in [0.25, 0.3) is 0 Å². The number of hydrogen-bond donors (Lipinski definition) is 0. The number of alkyl halides is 3. The van der Waals surface area contributed by atoms with E-state index >= 15 is 0 Å². The summed E-state index contributed by atoms with van der Waals surface area (Å²) >= 11 is 0. The predicted octanol–water partition coefficient (Wildman–Crippen LogP) is 8.20. The third-order valence-corrected chi connectivity index (χ3v) is 7.27. The summed E-state index contributed by atoms with van der Waals surface area (Å²) in [5.74, 6) is 2.33. The lowest BCUT2D eigenvalue weighted by atomic mass is 9.69. The number of nitrogens with zero attached hydrogens (tertiary/aromatic N) is 1. The fourth-order valence-corrected chi connectivity index (χ4v) is 5.37. The summed E-state index contributed by atoms with van der Waals surface area (Å²) in [6.45, 7) is 4.48. The second-order valence-corrected chi connectivity index (χ2v) is 9.07. The maximum Gasteiger partial charge on any atom is 0.416 e. The smallest absolute Gasteiger partial charge is 0.193 e. The van der Waals surface area contributed by atoms with E-state index in [1.165, 1.54) is 49.8 Å². The normalized spacial score (nSPS) is 27.7. The van der Waals surface area contributed by atoms with Gasteiger partial charge in [-0.2, -0.15) is 18.4 Å². The Morgan fingerprint density at radius 2 is 1.53 bits per heavy atom. The van der Waals surface area contributed by atoms with Gasteiger partial charge in [0.15, 0.2) is 0 Å². The fourth-order valence-electron chi connectivity index (χ4n) is 5.37.